The molecule has 0 bridgehead atoms. The van der Waals surface area contributed by atoms with Crippen LogP contribution in [0.25, 0.3) is 0 Å². The lowest BCUT2D eigenvalue weighted by Crippen LogP contribution is -2.31. The van der Waals surface area contributed by atoms with Gasteiger partial charge in [0, 0.05) is 25.8 Å². The Morgan fingerprint density at radius 1 is 1.31 bits per heavy atom. The summed E-state index contributed by atoms with van der Waals surface area (Å²) >= 11 is 0. The SMILES string of the molecule is Cc1oc(S(=O)(=O)N(C)C)cc1C(=O)NC1CCCc2cc(N)ccc21. The summed E-state index contributed by atoms with van der Waals surface area (Å²) in [6, 6.07) is 6.87. The van der Waals surface area contributed by atoms with Gasteiger partial charge in [-0.15, -0.1) is 0 Å². The summed E-state index contributed by atoms with van der Waals surface area (Å²) in [4.78, 5) is 12.7. The van der Waals surface area contributed by atoms with Gasteiger partial charge in [0.05, 0.1) is 11.6 Å². The summed E-state index contributed by atoms with van der Waals surface area (Å²) in [7, 11) is -0.897. The van der Waals surface area contributed by atoms with Gasteiger partial charge in [0.1, 0.15) is 5.76 Å². The number of hydrogen-bond acceptors (Lipinski definition) is 5. The normalized spacial score (nSPS) is 17.2. The number of nitrogens with one attached hydrogen (secondary N) is 1. The molecule has 0 saturated carbocycles. The summed E-state index contributed by atoms with van der Waals surface area (Å²) in [6.07, 6.45) is 2.71. The van der Waals surface area contributed by atoms with E-state index in [0.717, 1.165) is 34.7 Å². The van der Waals surface area contributed by atoms with Gasteiger partial charge in [0.2, 0.25) is 5.09 Å². The minimum absolute atomic E-state index is 0.130. The Kier molecular flexibility index (Phi) is 4.81. The molecule has 1 aliphatic rings. The zero-order valence-electron chi connectivity index (χ0n) is 15.1. The maximum Gasteiger partial charge on any atom is 0.275 e. The number of carbonyl (C=O) groups excluding carboxylic acids is 1. The molecular formula is C18H23N3O4S. The number of carbonyl (C=O) groups is 1. The molecule has 1 unspecified atom stereocenters. The van der Waals surface area contributed by atoms with Crippen molar-refractivity contribution >= 4 is 21.6 Å². The van der Waals surface area contributed by atoms with Crippen LogP contribution in [0.1, 0.15) is 46.1 Å². The Bertz CT molecular complexity index is 947. The molecule has 3 rings (SSSR count). The quantitative estimate of drug-likeness (QED) is 0.795. The standard InChI is InChI=1S/C18H23N3O4S/c1-11-15(10-17(25-11)26(23,24)21(2)3)18(22)20-16-6-4-5-12-9-13(19)7-8-14(12)16/h7-10,16H,4-6,19H2,1-3H3,(H,20,22). The van der Waals surface area contributed by atoms with E-state index in [4.69, 9.17) is 10.2 Å². The average molecular weight is 377 g/mol. The number of sulfonamides is 1. The third kappa shape index (κ3) is 3.34. The van der Waals surface area contributed by atoms with Gasteiger partial charge in [-0.3, -0.25) is 4.79 Å². The van der Waals surface area contributed by atoms with Crippen molar-refractivity contribution in [3.8, 4) is 0 Å². The molecule has 1 aliphatic carbocycles. The molecule has 3 N–H and O–H groups in total. The second kappa shape index (κ2) is 6.77. The first kappa shape index (κ1) is 18.5. The number of nitrogen functional groups attached to an aromatic ring is 1. The predicted molar refractivity (Wildman–Crippen MR) is 98.3 cm³/mol. The molecule has 1 atom stereocenters. The van der Waals surface area contributed by atoms with E-state index in [9.17, 15) is 13.2 Å². The smallest absolute Gasteiger partial charge is 0.275 e. The lowest BCUT2D eigenvalue weighted by atomic mass is 9.87. The predicted octanol–water partition coefficient (Wildman–Crippen LogP) is 2.23. The lowest BCUT2D eigenvalue weighted by Gasteiger charge is -2.26. The Morgan fingerprint density at radius 2 is 2.04 bits per heavy atom. The maximum atomic E-state index is 12.7. The van der Waals surface area contributed by atoms with Crippen molar-refractivity contribution < 1.29 is 17.6 Å². The molecule has 0 saturated heterocycles. The molecule has 0 radical (unpaired) electrons. The number of aryl methyl sites for hydroxylation is 2. The van der Waals surface area contributed by atoms with Crippen LogP contribution in [0, 0.1) is 6.92 Å². The number of amides is 1. The molecule has 0 aliphatic heterocycles. The van der Waals surface area contributed by atoms with E-state index in [-0.39, 0.29) is 28.4 Å². The molecule has 26 heavy (non-hydrogen) atoms. The van der Waals surface area contributed by atoms with Gasteiger partial charge < -0.3 is 15.5 Å². The van der Waals surface area contributed by atoms with Crippen molar-refractivity contribution in [2.75, 3.05) is 19.8 Å². The molecule has 1 heterocycles. The highest BCUT2D eigenvalue weighted by molar-refractivity contribution is 7.88. The van der Waals surface area contributed by atoms with Crippen molar-refractivity contribution in [1.29, 1.82) is 0 Å². The van der Waals surface area contributed by atoms with Gasteiger partial charge in [0.25, 0.3) is 15.9 Å². The van der Waals surface area contributed by atoms with E-state index in [1.165, 1.54) is 20.2 Å². The number of nitrogens with zero attached hydrogens (tertiary/aromatic N) is 1. The van der Waals surface area contributed by atoms with Gasteiger partial charge in [0.15, 0.2) is 0 Å². The maximum absolute atomic E-state index is 12.7. The van der Waals surface area contributed by atoms with Crippen molar-refractivity contribution in [2.24, 2.45) is 0 Å². The van der Waals surface area contributed by atoms with Crippen LogP contribution >= 0.6 is 0 Å². The summed E-state index contributed by atoms with van der Waals surface area (Å²) in [5.41, 5.74) is 8.98. The third-order valence-corrected chi connectivity index (χ3v) is 6.33. The fourth-order valence-corrected chi connectivity index (χ4v) is 4.06. The number of hydrogen-bond donors (Lipinski definition) is 2. The Balaban J connectivity index is 1.85. The van der Waals surface area contributed by atoms with E-state index >= 15 is 0 Å². The van der Waals surface area contributed by atoms with Gasteiger partial charge >= 0.3 is 0 Å². The van der Waals surface area contributed by atoms with E-state index in [0.29, 0.717) is 5.69 Å². The fourth-order valence-electron chi connectivity index (χ4n) is 3.21. The fraction of sp³-hybridized carbons (Fsp3) is 0.389. The third-order valence-electron chi connectivity index (χ3n) is 4.66. The monoisotopic (exact) mass is 377 g/mol. The Morgan fingerprint density at radius 3 is 2.73 bits per heavy atom. The number of nitrogens with two attached hydrogens (primary N) is 1. The number of benzene rings is 1. The number of rotatable bonds is 4. The molecule has 0 spiro atoms. The van der Waals surface area contributed by atoms with Crippen LogP contribution in [0.4, 0.5) is 5.69 Å². The van der Waals surface area contributed by atoms with Gasteiger partial charge in [-0.1, -0.05) is 6.07 Å². The number of furan rings is 1. The van der Waals surface area contributed by atoms with Crippen LogP contribution in [0.3, 0.4) is 0 Å². The second-order valence-electron chi connectivity index (χ2n) is 6.70. The molecule has 1 aromatic carbocycles. The molecule has 1 aromatic heterocycles. The zero-order valence-corrected chi connectivity index (χ0v) is 15.9. The average Bonchev–Trinajstić information content (AvgIpc) is 2.97. The number of fused-ring (bicyclic) bond motifs is 1. The minimum atomic E-state index is -3.73. The van der Waals surface area contributed by atoms with Gasteiger partial charge in [-0.05, 0) is 49.4 Å². The van der Waals surface area contributed by atoms with Crippen LogP contribution in [-0.2, 0) is 16.4 Å². The minimum Gasteiger partial charge on any atom is -0.448 e. The summed E-state index contributed by atoms with van der Waals surface area (Å²) in [5, 5.41) is 2.76. The van der Waals surface area contributed by atoms with Gasteiger partial charge in [-0.2, -0.15) is 0 Å². The highest BCUT2D eigenvalue weighted by Gasteiger charge is 2.28. The Labute approximate surface area is 153 Å². The van der Waals surface area contributed by atoms with E-state index in [1.54, 1.807) is 6.92 Å². The lowest BCUT2D eigenvalue weighted by molar-refractivity contribution is 0.0931. The van der Waals surface area contributed by atoms with Crippen LogP contribution < -0.4 is 11.1 Å². The van der Waals surface area contributed by atoms with E-state index < -0.39 is 10.0 Å². The molecule has 140 valence electrons. The van der Waals surface area contributed by atoms with E-state index in [2.05, 4.69) is 5.32 Å². The first-order valence-electron chi connectivity index (χ1n) is 8.42. The largest absolute Gasteiger partial charge is 0.448 e. The summed E-state index contributed by atoms with van der Waals surface area (Å²) < 4.78 is 30.8. The van der Waals surface area contributed by atoms with Crippen LogP contribution in [-0.4, -0.2) is 32.7 Å². The molecule has 0 fully saturated rings. The topological polar surface area (TPSA) is 106 Å². The highest BCUT2D eigenvalue weighted by Crippen LogP contribution is 2.31. The van der Waals surface area contributed by atoms with Crippen LogP contribution in [0.15, 0.2) is 33.8 Å². The first-order chi connectivity index (χ1) is 12.2. The summed E-state index contributed by atoms with van der Waals surface area (Å²) in [5.74, 6) is -0.0719. The number of anilines is 1. The highest BCUT2D eigenvalue weighted by atomic mass is 32.2. The summed E-state index contributed by atoms with van der Waals surface area (Å²) in [6.45, 7) is 1.58. The van der Waals surface area contributed by atoms with Crippen molar-refractivity contribution in [1.82, 2.24) is 9.62 Å². The molecule has 1 amide bonds. The molecule has 7 nitrogen and oxygen atoms in total. The molecule has 8 heteroatoms. The second-order valence-corrected chi connectivity index (χ2v) is 8.78. The first-order valence-corrected chi connectivity index (χ1v) is 9.86. The molecular weight excluding hydrogens is 354 g/mol. The van der Waals surface area contributed by atoms with Crippen LogP contribution in [0.5, 0.6) is 0 Å². The van der Waals surface area contributed by atoms with E-state index in [1.807, 2.05) is 18.2 Å². The molecule has 2 aromatic rings. The van der Waals surface area contributed by atoms with Crippen molar-refractivity contribution in [2.45, 2.75) is 37.3 Å². The van der Waals surface area contributed by atoms with Crippen molar-refractivity contribution in [3.05, 3.63) is 46.7 Å². The zero-order chi connectivity index (χ0) is 19.1. The van der Waals surface area contributed by atoms with Gasteiger partial charge in [-0.25, -0.2) is 12.7 Å². The Hall–Kier alpha value is -2.32. The van der Waals surface area contributed by atoms with Crippen LogP contribution in [0.2, 0.25) is 0 Å². The van der Waals surface area contributed by atoms with Crippen molar-refractivity contribution in [3.63, 3.8) is 0 Å².